The number of hydrogen-bond donors (Lipinski definition) is 0. The van der Waals surface area contributed by atoms with Crippen molar-refractivity contribution in [1.82, 2.24) is 0 Å². The third-order valence-electron chi connectivity index (χ3n) is 2.16. The van der Waals surface area contributed by atoms with Gasteiger partial charge >= 0.3 is 0 Å². The van der Waals surface area contributed by atoms with E-state index in [4.69, 9.17) is 4.74 Å². The van der Waals surface area contributed by atoms with Gasteiger partial charge in [0, 0.05) is 6.61 Å². The van der Waals surface area contributed by atoms with Crippen LogP contribution in [0.25, 0.3) is 0 Å². The second-order valence-corrected chi connectivity index (χ2v) is 3.03. The standard InChI is InChI=1S/C8H16O/c1-3-7(2)6-8-4-5-9-8/h7-8H,3-6H2,1-2H3. The molecule has 1 nitrogen and oxygen atoms in total. The summed E-state index contributed by atoms with van der Waals surface area (Å²) < 4.78 is 5.30. The van der Waals surface area contributed by atoms with Crippen LogP contribution in [0.2, 0.25) is 0 Å². The van der Waals surface area contributed by atoms with Gasteiger partial charge in [-0.25, -0.2) is 0 Å². The lowest BCUT2D eigenvalue weighted by Crippen LogP contribution is -2.28. The summed E-state index contributed by atoms with van der Waals surface area (Å²) in [5.74, 6) is 0.857. The summed E-state index contributed by atoms with van der Waals surface area (Å²) >= 11 is 0. The molecule has 0 saturated carbocycles. The van der Waals surface area contributed by atoms with Crippen molar-refractivity contribution in [2.45, 2.75) is 39.2 Å². The summed E-state index contributed by atoms with van der Waals surface area (Å²) in [6.45, 7) is 5.53. The zero-order valence-corrected chi connectivity index (χ0v) is 6.39. The van der Waals surface area contributed by atoms with Crippen LogP contribution in [0.4, 0.5) is 0 Å². The molecular formula is C8H16O. The first-order chi connectivity index (χ1) is 4.33. The Bertz CT molecular complexity index is 73.9. The van der Waals surface area contributed by atoms with Crippen LogP contribution in [0.3, 0.4) is 0 Å². The molecule has 54 valence electrons. The molecule has 0 radical (unpaired) electrons. The third kappa shape index (κ3) is 1.98. The molecular weight excluding hydrogens is 112 g/mol. The Morgan fingerprint density at radius 2 is 2.33 bits per heavy atom. The van der Waals surface area contributed by atoms with Gasteiger partial charge in [-0.1, -0.05) is 20.3 Å². The van der Waals surface area contributed by atoms with Gasteiger partial charge in [-0.15, -0.1) is 0 Å². The molecule has 1 saturated heterocycles. The first kappa shape index (κ1) is 7.07. The number of hydrogen-bond acceptors (Lipinski definition) is 1. The highest BCUT2D eigenvalue weighted by molar-refractivity contribution is 4.68. The van der Waals surface area contributed by atoms with Crippen molar-refractivity contribution in [2.24, 2.45) is 5.92 Å². The van der Waals surface area contributed by atoms with E-state index in [-0.39, 0.29) is 0 Å². The average Bonchev–Trinajstić information content (AvgIpc) is 1.78. The Morgan fingerprint density at radius 1 is 1.67 bits per heavy atom. The summed E-state index contributed by atoms with van der Waals surface area (Å²) in [7, 11) is 0. The van der Waals surface area contributed by atoms with E-state index >= 15 is 0 Å². The van der Waals surface area contributed by atoms with Crippen LogP contribution >= 0.6 is 0 Å². The summed E-state index contributed by atoms with van der Waals surface area (Å²) in [4.78, 5) is 0. The van der Waals surface area contributed by atoms with E-state index < -0.39 is 0 Å². The van der Waals surface area contributed by atoms with Gasteiger partial charge in [0.15, 0.2) is 0 Å². The van der Waals surface area contributed by atoms with Crippen molar-refractivity contribution < 1.29 is 4.74 Å². The highest BCUT2D eigenvalue weighted by atomic mass is 16.5. The zero-order valence-electron chi connectivity index (χ0n) is 6.39. The van der Waals surface area contributed by atoms with E-state index in [9.17, 15) is 0 Å². The maximum Gasteiger partial charge on any atom is 0.0599 e. The fourth-order valence-electron chi connectivity index (χ4n) is 1.09. The highest BCUT2D eigenvalue weighted by Crippen LogP contribution is 2.20. The lowest BCUT2D eigenvalue weighted by atomic mass is 9.97. The van der Waals surface area contributed by atoms with Gasteiger partial charge in [0.05, 0.1) is 6.10 Å². The zero-order chi connectivity index (χ0) is 6.69. The topological polar surface area (TPSA) is 9.23 Å². The fraction of sp³-hybridized carbons (Fsp3) is 1.00. The molecule has 9 heavy (non-hydrogen) atoms. The first-order valence-corrected chi connectivity index (χ1v) is 3.94. The van der Waals surface area contributed by atoms with Gasteiger partial charge < -0.3 is 4.74 Å². The fourth-order valence-corrected chi connectivity index (χ4v) is 1.09. The number of rotatable bonds is 3. The van der Waals surface area contributed by atoms with Gasteiger partial charge in [-0.05, 0) is 18.8 Å². The van der Waals surface area contributed by atoms with Crippen molar-refractivity contribution in [3.63, 3.8) is 0 Å². The van der Waals surface area contributed by atoms with Gasteiger partial charge in [-0.3, -0.25) is 0 Å². The van der Waals surface area contributed by atoms with E-state index in [0.717, 1.165) is 12.5 Å². The predicted molar refractivity (Wildman–Crippen MR) is 38.4 cm³/mol. The van der Waals surface area contributed by atoms with E-state index in [1.807, 2.05) is 0 Å². The molecule has 1 heterocycles. The van der Waals surface area contributed by atoms with Crippen LogP contribution in [0.1, 0.15) is 33.1 Å². The Labute approximate surface area is 57.4 Å². The summed E-state index contributed by atoms with van der Waals surface area (Å²) in [6.07, 6.45) is 4.47. The molecule has 1 fully saturated rings. The minimum Gasteiger partial charge on any atom is -0.378 e. The lowest BCUT2D eigenvalue weighted by molar-refractivity contribution is -0.0618. The van der Waals surface area contributed by atoms with Crippen LogP contribution in [-0.2, 0) is 4.74 Å². The molecule has 0 spiro atoms. The molecule has 1 heteroatoms. The number of ether oxygens (including phenoxy) is 1. The Morgan fingerprint density at radius 3 is 2.67 bits per heavy atom. The second-order valence-electron chi connectivity index (χ2n) is 3.03. The molecule has 2 unspecified atom stereocenters. The summed E-state index contributed by atoms with van der Waals surface area (Å²) in [6, 6.07) is 0. The maximum atomic E-state index is 5.30. The molecule has 1 aliphatic rings. The van der Waals surface area contributed by atoms with E-state index in [2.05, 4.69) is 13.8 Å². The SMILES string of the molecule is CCC(C)CC1CCO1. The van der Waals surface area contributed by atoms with E-state index in [1.165, 1.54) is 19.3 Å². The Balaban J connectivity index is 2.01. The summed E-state index contributed by atoms with van der Waals surface area (Å²) in [5.41, 5.74) is 0. The lowest BCUT2D eigenvalue weighted by Gasteiger charge is -2.28. The third-order valence-corrected chi connectivity index (χ3v) is 2.16. The van der Waals surface area contributed by atoms with Crippen LogP contribution in [-0.4, -0.2) is 12.7 Å². The minimum absolute atomic E-state index is 0.611. The normalized spacial score (nSPS) is 29.3. The average molecular weight is 128 g/mol. The Kier molecular flexibility index (Phi) is 2.52. The molecule has 0 aliphatic carbocycles. The molecule has 0 bridgehead atoms. The smallest absolute Gasteiger partial charge is 0.0599 e. The van der Waals surface area contributed by atoms with Crippen molar-refractivity contribution in [3.8, 4) is 0 Å². The largest absolute Gasteiger partial charge is 0.378 e. The van der Waals surface area contributed by atoms with Crippen molar-refractivity contribution in [1.29, 1.82) is 0 Å². The Hall–Kier alpha value is -0.0400. The second kappa shape index (κ2) is 3.21. The molecule has 2 atom stereocenters. The molecule has 0 aromatic carbocycles. The quantitative estimate of drug-likeness (QED) is 0.566. The molecule has 1 rings (SSSR count). The van der Waals surface area contributed by atoms with Crippen LogP contribution in [0.5, 0.6) is 0 Å². The molecule has 0 amide bonds. The van der Waals surface area contributed by atoms with Crippen LogP contribution < -0.4 is 0 Å². The predicted octanol–water partition coefficient (Wildman–Crippen LogP) is 2.21. The highest BCUT2D eigenvalue weighted by Gasteiger charge is 2.19. The van der Waals surface area contributed by atoms with Gasteiger partial charge in [0.25, 0.3) is 0 Å². The van der Waals surface area contributed by atoms with Crippen molar-refractivity contribution >= 4 is 0 Å². The van der Waals surface area contributed by atoms with Gasteiger partial charge in [-0.2, -0.15) is 0 Å². The first-order valence-electron chi connectivity index (χ1n) is 3.94. The van der Waals surface area contributed by atoms with Gasteiger partial charge in [0.1, 0.15) is 0 Å². The maximum absolute atomic E-state index is 5.30. The minimum atomic E-state index is 0.611. The van der Waals surface area contributed by atoms with E-state index in [1.54, 1.807) is 0 Å². The molecule has 0 aromatic rings. The monoisotopic (exact) mass is 128 g/mol. The van der Waals surface area contributed by atoms with Crippen LogP contribution in [0, 0.1) is 5.92 Å². The van der Waals surface area contributed by atoms with Gasteiger partial charge in [0.2, 0.25) is 0 Å². The van der Waals surface area contributed by atoms with Crippen molar-refractivity contribution in [3.05, 3.63) is 0 Å². The summed E-state index contributed by atoms with van der Waals surface area (Å²) in [5, 5.41) is 0. The van der Waals surface area contributed by atoms with Crippen molar-refractivity contribution in [2.75, 3.05) is 6.61 Å². The molecule has 1 aliphatic heterocycles. The molecule has 0 aromatic heterocycles. The molecule has 0 N–H and O–H groups in total. The van der Waals surface area contributed by atoms with E-state index in [0.29, 0.717) is 6.10 Å². The van der Waals surface area contributed by atoms with Crippen LogP contribution in [0.15, 0.2) is 0 Å².